The first-order valence-corrected chi connectivity index (χ1v) is 5.07. The molecule has 0 saturated heterocycles. The first-order chi connectivity index (χ1) is 7.45. The van der Waals surface area contributed by atoms with Gasteiger partial charge in [0.2, 0.25) is 0 Å². The molecule has 0 radical (unpaired) electrons. The Morgan fingerprint density at radius 3 is 2.56 bits per heavy atom. The van der Waals surface area contributed by atoms with Crippen LogP contribution in [0.1, 0.15) is 24.2 Å². The zero-order chi connectivity index (χ0) is 12.3. The molecule has 1 aromatic rings. The molecule has 1 aromatic carbocycles. The Balaban J connectivity index is 3.16. The van der Waals surface area contributed by atoms with Crippen molar-refractivity contribution in [3.8, 4) is 5.75 Å². The summed E-state index contributed by atoms with van der Waals surface area (Å²) in [5.74, 6) is -1.23. The number of benzene rings is 1. The van der Waals surface area contributed by atoms with Gasteiger partial charge in [-0.15, -0.1) is 0 Å². The molecule has 88 valence electrons. The van der Waals surface area contributed by atoms with Gasteiger partial charge in [0.1, 0.15) is 11.6 Å². The lowest BCUT2D eigenvalue weighted by Gasteiger charge is -2.12. The smallest absolute Gasteiger partial charge is 0.340 e. The van der Waals surface area contributed by atoms with E-state index in [0.29, 0.717) is 0 Å². The molecular weight excluding hydrogens is 235 g/mol. The molecule has 0 heterocycles. The summed E-state index contributed by atoms with van der Waals surface area (Å²) in [6, 6.07) is 2.27. The molecule has 0 aromatic heterocycles. The molecule has 1 rings (SSSR count). The highest BCUT2D eigenvalue weighted by Crippen LogP contribution is 2.28. The van der Waals surface area contributed by atoms with E-state index >= 15 is 0 Å². The standard InChI is InChI=1S/C11H12ClFO3/c1-6(2)16-10-4-7(11(14)15-3)9(13)5-8(10)12/h4-6H,1-3H3. The van der Waals surface area contributed by atoms with E-state index in [1.807, 2.05) is 0 Å². The molecule has 0 amide bonds. The van der Waals surface area contributed by atoms with Gasteiger partial charge in [-0.3, -0.25) is 0 Å². The quantitative estimate of drug-likeness (QED) is 0.769. The number of hydrogen-bond acceptors (Lipinski definition) is 3. The number of halogens is 2. The highest BCUT2D eigenvalue weighted by Gasteiger charge is 2.16. The van der Waals surface area contributed by atoms with Crippen LogP contribution in [0.2, 0.25) is 5.02 Å². The van der Waals surface area contributed by atoms with Gasteiger partial charge in [-0.05, 0) is 26.0 Å². The van der Waals surface area contributed by atoms with E-state index < -0.39 is 11.8 Å². The third-order valence-corrected chi connectivity index (χ3v) is 2.08. The second kappa shape index (κ2) is 5.16. The molecule has 0 unspecified atom stereocenters. The largest absolute Gasteiger partial charge is 0.489 e. The van der Waals surface area contributed by atoms with Crippen LogP contribution in [0.4, 0.5) is 4.39 Å². The normalized spacial score (nSPS) is 10.4. The minimum absolute atomic E-state index is 0.117. The summed E-state index contributed by atoms with van der Waals surface area (Å²) in [7, 11) is 1.18. The number of carbonyl (C=O) groups excluding carboxylic acids is 1. The maximum Gasteiger partial charge on any atom is 0.340 e. The summed E-state index contributed by atoms with van der Waals surface area (Å²) in [5.41, 5.74) is -0.192. The molecule has 0 atom stereocenters. The van der Waals surface area contributed by atoms with Crippen LogP contribution in [0.15, 0.2) is 12.1 Å². The van der Waals surface area contributed by atoms with Gasteiger partial charge in [-0.1, -0.05) is 11.6 Å². The summed E-state index contributed by atoms with van der Waals surface area (Å²) in [6.07, 6.45) is -0.117. The molecule has 0 aliphatic heterocycles. The van der Waals surface area contributed by atoms with Gasteiger partial charge in [0.15, 0.2) is 0 Å². The molecule has 0 bridgehead atoms. The number of rotatable bonds is 3. The van der Waals surface area contributed by atoms with Gasteiger partial charge in [-0.25, -0.2) is 9.18 Å². The average Bonchev–Trinajstić information content (AvgIpc) is 2.20. The van der Waals surface area contributed by atoms with Crippen LogP contribution >= 0.6 is 11.6 Å². The SMILES string of the molecule is COC(=O)c1cc(OC(C)C)c(Cl)cc1F. The summed E-state index contributed by atoms with van der Waals surface area (Å²) < 4.78 is 23.1. The van der Waals surface area contributed by atoms with Crippen molar-refractivity contribution in [1.82, 2.24) is 0 Å². The summed E-state index contributed by atoms with van der Waals surface area (Å²) >= 11 is 5.78. The Labute approximate surface area is 98.1 Å². The van der Waals surface area contributed by atoms with Crippen LogP contribution in [0.25, 0.3) is 0 Å². The van der Waals surface area contributed by atoms with Crippen molar-refractivity contribution in [3.05, 3.63) is 28.5 Å². The van der Waals surface area contributed by atoms with Crippen LogP contribution in [0.5, 0.6) is 5.75 Å². The van der Waals surface area contributed by atoms with E-state index in [-0.39, 0.29) is 22.4 Å². The Hall–Kier alpha value is -1.29. The molecule has 5 heteroatoms. The molecule has 16 heavy (non-hydrogen) atoms. The third kappa shape index (κ3) is 2.85. The fourth-order valence-corrected chi connectivity index (χ4v) is 1.33. The first kappa shape index (κ1) is 12.8. The lowest BCUT2D eigenvalue weighted by Crippen LogP contribution is -2.09. The van der Waals surface area contributed by atoms with Crippen molar-refractivity contribution >= 4 is 17.6 Å². The van der Waals surface area contributed by atoms with Gasteiger partial charge < -0.3 is 9.47 Å². The van der Waals surface area contributed by atoms with Crippen LogP contribution in [-0.2, 0) is 4.74 Å². The van der Waals surface area contributed by atoms with Crippen molar-refractivity contribution in [3.63, 3.8) is 0 Å². The highest BCUT2D eigenvalue weighted by molar-refractivity contribution is 6.32. The molecule has 0 N–H and O–H groups in total. The first-order valence-electron chi connectivity index (χ1n) is 4.69. The van der Waals surface area contributed by atoms with Gasteiger partial charge in [0.25, 0.3) is 0 Å². The van der Waals surface area contributed by atoms with Crippen molar-refractivity contribution < 1.29 is 18.7 Å². The van der Waals surface area contributed by atoms with Gasteiger partial charge in [-0.2, -0.15) is 0 Å². The molecular formula is C11H12ClFO3. The summed E-state index contributed by atoms with van der Waals surface area (Å²) in [4.78, 5) is 11.2. The third-order valence-electron chi connectivity index (χ3n) is 1.79. The predicted molar refractivity (Wildman–Crippen MR) is 58.5 cm³/mol. The van der Waals surface area contributed by atoms with E-state index in [0.717, 1.165) is 6.07 Å². The maximum absolute atomic E-state index is 13.4. The van der Waals surface area contributed by atoms with E-state index in [4.69, 9.17) is 16.3 Å². The van der Waals surface area contributed by atoms with Crippen molar-refractivity contribution in [2.75, 3.05) is 7.11 Å². The van der Waals surface area contributed by atoms with E-state index in [2.05, 4.69) is 4.74 Å². The number of carbonyl (C=O) groups is 1. The van der Waals surface area contributed by atoms with Crippen molar-refractivity contribution in [2.24, 2.45) is 0 Å². The van der Waals surface area contributed by atoms with Crippen LogP contribution in [0, 0.1) is 5.82 Å². The molecule has 0 saturated carbocycles. The highest BCUT2D eigenvalue weighted by atomic mass is 35.5. The minimum atomic E-state index is -0.761. The lowest BCUT2D eigenvalue weighted by atomic mass is 10.2. The Bertz CT molecular complexity index is 404. The monoisotopic (exact) mass is 246 g/mol. The molecule has 0 spiro atoms. The van der Waals surface area contributed by atoms with E-state index in [9.17, 15) is 9.18 Å². The van der Waals surface area contributed by atoms with E-state index in [1.54, 1.807) is 13.8 Å². The van der Waals surface area contributed by atoms with Gasteiger partial charge in [0, 0.05) is 0 Å². The fourth-order valence-electron chi connectivity index (χ4n) is 1.14. The van der Waals surface area contributed by atoms with Crippen LogP contribution in [0.3, 0.4) is 0 Å². The zero-order valence-electron chi connectivity index (χ0n) is 9.21. The molecule has 3 nitrogen and oxygen atoms in total. The molecule has 0 fully saturated rings. The Morgan fingerprint density at radius 1 is 1.44 bits per heavy atom. The number of methoxy groups -OCH3 is 1. The van der Waals surface area contributed by atoms with Crippen LogP contribution in [-0.4, -0.2) is 19.2 Å². The topological polar surface area (TPSA) is 35.5 Å². The number of esters is 1. The van der Waals surface area contributed by atoms with E-state index in [1.165, 1.54) is 13.2 Å². The predicted octanol–water partition coefficient (Wildman–Crippen LogP) is 3.05. The van der Waals surface area contributed by atoms with Crippen molar-refractivity contribution in [1.29, 1.82) is 0 Å². The number of ether oxygens (including phenoxy) is 2. The Morgan fingerprint density at radius 2 is 2.06 bits per heavy atom. The summed E-state index contributed by atoms with van der Waals surface area (Å²) in [5, 5.41) is 0.124. The fraction of sp³-hybridized carbons (Fsp3) is 0.364. The molecule has 0 aliphatic rings. The van der Waals surface area contributed by atoms with Crippen molar-refractivity contribution in [2.45, 2.75) is 20.0 Å². The van der Waals surface area contributed by atoms with Gasteiger partial charge >= 0.3 is 5.97 Å². The second-order valence-electron chi connectivity index (χ2n) is 3.42. The maximum atomic E-state index is 13.4. The zero-order valence-corrected chi connectivity index (χ0v) is 9.97. The average molecular weight is 247 g/mol. The van der Waals surface area contributed by atoms with Crippen LogP contribution < -0.4 is 4.74 Å². The molecule has 0 aliphatic carbocycles. The number of hydrogen-bond donors (Lipinski definition) is 0. The Kier molecular flexibility index (Phi) is 4.12. The summed E-state index contributed by atoms with van der Waals surface area (Å²) in [6.45, 7) is 3.61. The second-order valence-corrected chi connectivity index (χ2v) is 3.83. The lowest BCUT2D eigenvalue weighted by molar-refractivity contribution is 0.0594. The van der Waals surface area contributed by atoms with Gasteiger partial charge in [0.05, 0.1) is 23.8 Å². The minimum Gasteiger partial charge on any atom is -0.489 e.